The van der Waals surface area contributed by atoms with Gasteiger partial charge in [-0.2, -0.15) is 16.8 Å². The van der Waals surface area contributed by atoms with E-state index in [9.17, 15) is 24.6 Å². The van der Waals surface area contributed by atoms with E-state index < -0.39 is 24.4 Å². The molecule has 60 valence electrons. The van der Waals surface area contributed by atoms with E-state index in [0.717, 1.165) is 0 Å². The first-order valence-corrected chi connectivity index (χ1v) is 4.47. The zero-order valence-electron chi connectivity index (χ0n) is 4.65. The van der Waals surface area contributed by atoms with Gasteiger partial charge in [0.15, 0.2) is 0 Å². The standard InChI is InChI=1S/BF2H2NO4S2/c1-4(9(2,5)6)10(3,7)8/h1H2. The van der Waals surface area contributed by atoms with Crippen LogP contribution < -0.4 is 0 Å². The molecule has 0 saturated carbocycles. The van der Waals surface area contributed by atoms with Crippen LogP contribution in [0.3, 0.4) is 0 Å². The van der Waals surface area contributed by atoms with E-state index in [1.54, 1.807) is 0 Å². The quantitative estimate of drug-likeness (QED) is 0.385. The monoisotopic (exact) mass is 193 g/mol. The second kappa shape index (κ2) is 2.44. The van der Waals surface area contributed by atoms with Crippen molar-refractivity contribution in [1.82, 2.24) is 3.62 Å². The molecule has 0 atom stereocenters. The molecule has 0 heterocycles. The lowest BCUT2D eigenvalue weighted by atomic mass is 10.5. The normalized spacial score (nSPS) is 13.9. The van der Waals surface area contributed by atoms with Crippen molar-refractivity contribution in [2.24, 2.45) is 0 Å². The molecule has 0 aromatic carbocycles. The fourth-order valence-corrected chi connectivity index (χ4v) is 0.957. The fraction of sp³-hybridized carbons (Fsp3) is 0. The zero-order chi connectivity index (χ0) is 8.58. The van der Waals surface area contributed by atoms with Gasteiger partial charge in [0.1, 0.15) is 0 Å². The summed E-state index contributed by atoms with van der Waals surface area (Å²) in [6.45, 7) is 0. The molecule has 0 aliphatic heterocycles. The van der Waals surface area contributed by atoms with Crippen molar-refractivity contribution in [3.8, 4) is 0 Å². The Morgan fingerprint density at radius 1 is 1.00 bits per heavy atom. The molecule has 0 N–H and O–H groups in total. The van der Waals surface area contributed by atoms with Crippen LogP contribution in [0.5, 0.6) is 0 Å². The van der Waals surface area contributed by atoms with Crippen LogP contribution in [0, 0.1) is 0 Å². The van der Waals surface area contributed by atoms with Crippen LogP contribution in [0.25, 0.3) is 0 Å². The van der Waals surface area contributed by atoms with Gasteiger partial charge < -0.3 is 0 Å². The van der Waals surface area contributed by atoms with E-state index >= 15 is 0 Å². The molecule has 0 fully saturated rings. The van der Waals surface area contributed by atoms with Crippen molar-refractivity contribution in [2.45, 2.75) is 0 Å². The third-order valence-corrected chi connectivity index (χ3v) is 2.91. The Balaban J connectivity index is 4.94. The van der Waals surface area contributed by atoms with Crippen molar-refractivity contribution in [2.75, 3.05) is 0 Å². The van der Waals surface area contributed by atoms with Crippen LogP contribution in [0.2, 0.25) is 0 Å². The third-order valence-electron chi connectivity index (χ3n) is 0.614. The number of halogens is 2. The van der Waals surface area contributed by atoms with Crippen LogP contribution in [-0.2, 0) is 20.8 Å². The first-order valence-electron chi connectivity index (χ1n) is 1.79. The average molecular weight is 193 g/mol. The lowest BCUT2D eigenvalue weighted by molar-refractivity contribution is 0.497. The highest BCUT2D eigenvalue weighted by atomic mass is 32.3. The van der Waals surface area contributed by atoms with Crippen LogP contribution in [0.4, 0.5) is 7.77 Å². The van der Waals surface area contributed by atoms with E-state index in [-0.39, 0.29) is 7.98 Å². The Morgan fingerprint density at radius 3 is 1.20 bits per heavy atom. The summed E-state index contributed by atoms with van der Waals surface area (Å²) in [7, 11) is -10.7. The summed E-state index contributed by atoms with van der Waals surface area (Å²) in [6, 6.07) is 0. The molecule has 0 aromatic heterocycles. The molecule has 0 unspecified atom stereocenters. The van der Waals surface area contributed by atoms with Crippen LogP contribution in [-0.4, -0.2) is 28.4 Å². The van der Waals surface area contributed by atoms with Crippen molar-refractivity contribution in [3.05, 3.63) is 0 Å². The van der Waals surface area contributed by atoms with Gasteiger partial charge in [-0.15, -0.1) is 0 Å². The van der Waals surface area contributed by atoms with E-state index in [1.807, 2.05) is 0 Å². The number of hydrogen-bond donors (Lipinski definition) is 0. The van der Waals surface area contributed by atoms with E-state index in [4.69, 9.17) is 0 Å². The highest BCUT2D eigenvalue weighted by Crippen LogP contribution is 2.06. The highest BCUT2D eigenvalue weighted by Gasteiger charge is 2.28. The maximum Gasteiger partial charge on any atom is 0.378 e. The van der Waals surface area contributed by atoms with Gasteiger partial charge in [0.25, 0.3) is 0 Å². The SMILES string of the molecule is BN(S(=O)(=O)F)S(=O)(=O)F. The predicted octanol–water partition coefficient (Wildman–Crippen LogP) is -1.73. The van der Waals surface area contributed by atoms with Gasteiger partial charge >= 0.3 is 20.8 Å². The molecule has 0 rings (SSSR count). The average Bonchev–Trinajstić information content (AvgIpc) is 1.59. The number of hydrogen-bond acceptors (Lipinski definition) is 4. The van der Waals surface area contributed by atoms with Gasteiger partial charge in [-0.3, -0.25) is 0 Å². The summed E-state index contributed by atoms with van der Waals surface area (Å²) in [5.41, 5.74) is 0. The van der Waals surface area contributed by atoms with Crippen LogP contribution in [0.15, 0.2) is 0 Å². The maximum absolute atomic E-state index is 11.6. The molecule has 10 heavy (non-hydrogen) atoms. The minimum absolute atomic E-state index is 0.241. The summed E-state index contributed by atoms with van der Waals surface area (Å²) < 4.78 is 60.6. The van der Waals surface area contributed by atoms with E-state index in [1.165, 1.54) is 0 Å². The second-order valence-corrected chi connectivity index (χ2v) is 4.24. The van der Waals surface area contributed by atoms with Gasteiger partial charge in [-0.05, 0) is 0 Å². The van der Waals surface area contributed by atoms with Crippen LogP contribution in [0.1, 0.15) is 0 Å². The molecule has 10 heteroatoms. The third kappa shape index (κ3) is 2.58. The lowest BCUT2D eigenvalue weighted by Crippen LogP contribution is -2.28. The second-order valence-electron chi connectivity index (χ2n) is 1.26. The summed E-state index contributed by atoms with van der Waals surface area (Å²) >= 11 is 0. The predicted molar refractivity (Wildman–Crippen MR) is 30.4 cm³/mol. The Bertz CT molecular complexity index is 270. The lowest BCUT2D eigenvalue weighted by Gasteiger charge is -2.02. The molecule has 0 aliphatic rings. The van der Waals surface area contributed by atoms with Gasteiger partial charge in [0, 0.05) is 0 Å². The Labute approximate surface area is 57.8 Å². The fourth-order valence-electron chi connectivity index (χ4n) is 0.106. The van der Waals surface area contributed by atoms with Crippen molar-refractivity contribution < 1.29 is 24.6 Å². The molecule has 5 nitrogen and oxygen atoms in total. The first kappa shape index (κ1) is 9.78. The van der Waals surface area contributed by atoms with Crippen molar-refractivity contribution >= 4 is 28.8 Å². The minimum atomic E-state index is -5.49. The summed E-state index contributed by atoms with van der Waals surface area (Å²) in [6.07, 6.45) is 0. The maximum atomic E-state index is 11.6. The highest BCUT2D eigenvalue weighted by molar-refractivity contribution is 8.00. The molecule has 0 radical (unpaired) electrons. The van der Waals surface area contributed by atoms with Crippen molar-refractivity contribution in [1.29, 1.82) is 0 Å². The molecule has 0 spiro atoms. The van der Waals surface area contributed by atoms with Crippen molar-refractivity contribution in [3.63, 3.8) is 0 Å². The Morgan fingerprint density at radius 2 is 1.20 bits per heavy atom. The number of nitrogens with zero attached hydrogens (tertiary/aromatic N) is 1. The number of rotatable bonds is 2. The summed E-state index contributed by atoms with van der Waals surface area (Å²) in [4.78, 5) is 0. The smallest absolute Gasteiger partial charge is 0.177 e. The van der Waals surface area contributed by atoms with Gasteiger partial charge in [-0.1, -0.05) is 11.4 Å². The molecule has 0 aliphatic carbocycles. The van der Waals surface area contributed by atoms with E-state index in [0.29, 0.717) is 0 Å². The largest absolute Gasteiger partial charge is 0.378 e. The summed E-state index contributed by atoms with van der Waals surface area (Å²) in [5.74, 6) is 0. The first-order chi connectivity index (χ1) is 4.15. The topological polar surface area (TPSA) is 71.5 Å². The summed E-state index contributed by atoms with van der Waals surface area (Å²) in [5, 5.41) is 0. The van der Waals surface area contributed by atoms with Gasteiger partial charge in [-0.25, -0.2) is 0 Å². The zero-order valence-corrected chi connectivity index (χ0v) is 6.29. The molecular formula is H2BF2NO4S2. The molecule has 0 saturated heterocycles. The molecule has 0 aromatic rings. The van der Waals surface area contributed by atoms with Crippen LogP contribution >= 0.6 is 0 Å². The van der Waals surface area contributed by atoms with E-state index in [2.05, 4.69) is 0 Å². The Kier molecular flexibility index (Phi) is 2.38. The minimum Gasteiger partial charge on any atom is -0.177 e. The molecular weight excluding hydrogens is 191 g/mol. The van der Waals surface area contributed by atoms with Gasteiger partial charge in [0.05, 0.1) is 0 Å². The molecule has 0 amide bonds. The molecule has 0 bridgehead atoms. The Hall–Kier alpha value is -0.215. The van der Waals surface area contributed by atoms with Gasteiger partial charge in [0.2, 0.25) is 7.98 Å².